The van der Waals surface area contributed by atoms with E-state index in [1.165, 1.54) is 15.5 Å². The Balaban J connectivity index is 1.84. The van der Waals surface area contributed by atoms with E-state index in [0.717, 1.165) is 5.56 Å². The number of nitrogens with one attached hydrogen (secondary N) is 1. The molecule has 0 fully saturated rings. The highest BCUT2D eigenvalue weighted by Crippen LogP contribution is 2.19. The number of pyridine rings is 1. The van der Waals surface area contributed by atoms with Gasteiger partial charge in [-0.25, -0.2) is 14.8 Å². The molecule has 0 saturated heterocycles. The van der Waals surface area contributed by atoms with Crippen LogP contribution < -0.4 is 10.9 Å². The van der Waals surface area contributed by atoms with Gasteiger partial charge >= 0.3 is 6.09 Å². The summed E-state index contributed by atoms with van der Waals surface area (Å²) in [4.78, 5) is 32.3. The van der Waals surface area contributed by atoms with Gasteiger partial charge in [-0.05, 0) is 18.1 Å². The molecular weight excluding hydrogens is 286 g/mol. The van der Waals surface area contributed by atoms with Gasteiger partial charge in [0.05, 0.1) is 17.9 Å². The van der Waals surface area contributed by atoms with Crippen molar-refractivity contribution in [2.75, 3.05) is 11.9 Å². The third kappa shape index (κ3) is 2.76. The van der Waals surface area contributed by atoms with Crippen LogP contribution in [0.1, 0.15) is 11.3 Å². The minimum absolute atomic E-state index is 0.103. The summed E-state index contributed by atoms with van der Waals surface area (Å²) in [6.07, 6.45) is 3.03. The second kappa shape index (κ2) is 5.47. The molecule has 2 aromatic rings. The maximum absolute atomic E-state index is 11.4. The third-order valence-electron chi connectivity index (χ3n) is 3.56. The fourth-order valence-corrected chi connectivity index (χ4v) is 2.32. The summed E-state index contributed by atoms with van der Waals surface area (Å²) in [6.45, 7) is 0.717. The number of hydrogen-bond acceptors (Lipinski definition) is 5. The highest BCUT2D eigenvalue weighted by Gasteiger charge is 2.21. The van der Waals surface area contributed by atoms with Crippen LogP contribution >= 0.6 is 0 Å². The van der Waals surface area contributed by atoms with Crippen LogP contribution in [0.4, 0.5) is 16.4 Å². The second-order valence-corrected chi connectivity index (χ2v) is 5.11. The molecule has 1 amide bonds. The van der Waals surface area contributed by atoms with E-state index in [4.69, 9.17) is 5.11 Å². The predicted molar refractivity (Wildman–Crippen MR) is 79.1 cm³/mol. The number of aromatic nitrogens is 3. The van der Waals surface area contributed by atoms with E-state index in [1.54, 1.807) is 25.5 Å². The summed E-state index contributed by atoms with van der Waals surface area (Å²) in [5.41, 5.74) is 2.25. The van der Waals surface area contributed by atoms with E-state index in [1.807, 2.05) is 0 Å². The lowest BCUT2D eigenvalue weighted by atomic mass is 10.1. The van der Waals surface area contributed by atoms with Gasteiger partial charge in [-0.3, -0.25) is 4.79 Å². The Kier molecular flexibility index (Phi) is 3.50. The molecule has 2 aromatic heterocycles. The SMILES string of the molecule is Cn1cc(Nc2ncc3c(n2)CN(C(=O)O)CC3)ccc1=O. The lowest BCUT2D eigenvalue weighted by Gasteiger charge is -2.25. The van der Waals surface area contributed by atoms with E-state index in [2.05, 4.69) is 15.3 Å². The Morgan fingerprint density at radius 1 is 1.41 bits per heavy atom. The Morgan fingerprint density at radius 2 is 2.23 bits per heavy atom. The zero-order valence-corrected chi connectivity index (χ0v) is 12.0. The number of rotatable bonds is 2. The lowest BCUT2D eigenvalue weighted by molar-refractivity contribution is 0.139. The zero-order chi connectivity index (χ0) is 15.7. The van der Waals surface area contributed by atoms with Crippen LogP contribution in [0.15, 0.2) is 29.3 Å². The van der Waals surface area contributed by atoms with Gasteiger partial charge in [0.1, 0.15) is 0 Å². The summed E-state index contributed by atoms with van der Waals surface area (Å²) in [6, 6.07) is 3.10. The molecule has 2 N–H and O–H groups in total. The topological polar surface area (TPSA) is 100 Å². The number of nitrogens with zero attached hydrogens (tertiary/aromatic N) is 4. The standard InChI is InChI=1S/C14H15N5O3/c1-18-7-10(2-3-12(18)20)16-13-15-6-9-4-5-19(14(21)22)8-11(9)17-13/h2-3,6-7H,4-5,8H2,1H3,(H,21,22)(H,15,16,17). The summed E-state index contributed by atoms with van der Waals surface area (Å²) in [7, 11) is 1.66. The molecule has 8 heteroatoms. The fourth-order valence-electron chi connectivity index (χ4n) is 2.32. The first-order chi connectivity index (χ1) is 10.5. The molecule has 114 valence electrons. The van der Waals surface area contributed by atoms with Crippen LogP contribution in [0, 0.1) is 0 Å². The maximum atomic E-state index is 11.4. The van der Waals surface area contributed by atoms with Crippen molar-refractivity contribution in [3.05, 3.63) is 46.1 Å². The van der Waals surface area contributed by atoms with Gasteiger partial charge in [0.15, 0.2) is 0 Å². The van der Waals surface area contributed by atoms with E-state index in [9.17, 15) is 9.59 Å². The molecule has 1 aliphatic heterocycles. The highest BCUT2D eigenvalue weighted by atomic mass is 16.4. The first-order valence-corrected chi connectivity index (χ1v) is 6.79. The molecule has 1 aliphatic rings. The second-order valence-electron chi connectivity index (χ2n) is 5.11. The Hall–Kier alpha value is -2.90. The quantitative estimate of drug-likeness (QED) is 0.856. The van der Waals surface area contributed by atoms with Gasteiger partial charge in [-0.15, -0.1) is 0 Å². The van der Waals surface area contributed by atoms with Gasteiger partial charge in [-0.2, -0.15) is 0 Å². The molecule has 3 rings (SSSR count). The van der Waals surface area contributed by atoms with Crippen molar-refractivity contribution in [3.8, 4) is 0 Å². The highest BCUT2D eigenvalue weighted by molar-refractivity contribution is 5.65. The third-order valence-corrected chi connectivity index (χ3v) is 3.56. The average molecular weight is 301 g/mol. The summed E-state index contributed by atoms with van der Waals surface area (Å²) >= 11 is 0. The maximum Gasteiger partial charge on any atom is 0.407 e. The number of aryl methyl sites for hydroxylation is 1. The van der Waals surface area contributed by atoms with Crippen LogP contribution in [-0.2, 0) is 20.0 Å². The molecule has 8 nitrogen and oxygen atoms in total. The van der Waals surface area contributed by atoms with E-state index in [0.29, 0.717) is 30.3 Å². The van der Waals surface area contributed by atoms with Crippen LogP contribution in [-0.4, -0.2) is 37.2 Å². The Morgan fingerprint density at radius 3 is 2.95 bits per heavy atom. The zero-order valence-electron chi connectivity index (χ0n) is 12.0. The molecule has 0 saturated carbocycles. The fraction of sp³-hybridized carbons (Fsp3) is 0.286. The van der Waals surface area contributed by atoms with Gasteiger partial charge in [0.25, 0.3) is 0 Å². The van der Waals surface area contributed by atoms with Crippen molar-refractivity contribution in [2.45, 2.75) is 13.0 Å². The molecule has 3 heterocycles. The van der Waals surface area contributed by atoms with Crippen molar-refractivity contribution in [1.29, 1.82) is 0 Å². The van der Waals surface area contributed by atoms with Crippen molar-refractivity contribution in [2.24, 2.45) is 7.05 Å². The minimum Gasteiger partial charge on any atom is -0.465 e. The van der Waals surface area contributed by atoms with E-state index >= 15 is 0 Å². The molecule has 0 bridgehead atoms. The van der Waals surface area contributed by atoms with Crippen molar-refractivity contribution >= 4 is 17.7 Å². The normalized spacial score (nSPS) is 13.6. The summed E-state index contributed by atoms with van der Waals surface area (Å²) in [5, 5.41) is 12.1. The van der Waals surface area contributed by atoms with Crippen LogP contribution in [0.3, 0.4) is 0 Å². The lowest BCUT2D eigenvalue weighted by Crippen LogP contribution is -2.35. The van der Waals surface area contributed by atoms with Crippen LogP contribution in [0.5, 0.6) is 0 Å². The molecule has 0 spiro atoms. The molecule has 0 atom stereocenters. The van der Waals surface area contributed by atoms with Crippen LogP contribution in [0.25, 0.3) is 0 Å². The van der Waals surface area contributed by atoms with Crippen molar-refractivity contribution in [1.82, 2.24) is 19.4 Å². The Bertz CT molecular complexity index is 786. The monoisotopic (exact) mass is 301 g/mol. The van der Waals surface area contributed by atoms with Gasteiger partial charge in [0, 0.05) is 32.1 Å². The molecule has 0 aromatic carbocycles. The van der Waals surface area contributed by atoms with Gasteiger partial charge < -0.3 is 19.9 Å². The number of hydrogen-bond donors (Lipinski definition) is 2. The van der Waals surface area contributed by atoms with Crippen molar-refractivity contribution in [3.63, 3.8) is 0 Å². The van der Waals surface area contributed by atoms with Crippen LogP contribution in [0.2, 0.25) is 0 Å². The minimum atomic E-state index is -0.947. The number of carboxylic acid groups (broad SMARTS) is 1. The van der Waals surface area contributed by atoms with E-state index < -0.39 is 6.09 Å². The molecule has 0 aliphatic carbocycles. The molecule has 0 unspecified atom stereocenters. The molecular formula is C14H15N5O3. The first-order valence-electron chi connectivity index (χ1n) is 6.79. The number of fused-ring (bicyclic) bond motifs is 1. The molecule has 0 radical (unpaired) electrons. The summed E-state index contributed by atoms with van der Waals surface area (Å²) in [5.74, 6) is 0.379. The van der Waals surface area contributed by atoms with Gasteiger partial charge in [0.2, 0.25) is 11.5 Å². The largest absolute Gasteiger partial charge is 0.465 e. The predicted octanol–water partition coefficient (Wildman–Crippen LogP) is 0.955. The average Bonchev–Trinajstić information content (AvgIpc) is 2.50. The number of amides is 1. The van der Waals surface area contributed by atoms with Gasteiger partial charge in [-0.1, -0.05) is 0 Å². The smallest absolute Gasteiger partial charge is 0.407 e. The van der Waals surface area contributed by atoms with E-state index in [-0.39, 0.29) is 12.1 Å². The first kappa shape index (κ1) is 14.1. The summed E-state index contributed by atoms with van der Waals surface area (Å²) < 4.78 is 1.45. The van der Waals surface area contributed by atoms with Crippen molar-refractivity contribution < 1.29 is 9.90 Å². The Labute approximate surface area is 126 Å². The number of carbonyl (C=O) groups is 1. The number of anilines is 2. The molecule has 22 heavy (non-hydrogen) atoms.